The van der Waals surface area contributed by atoms with Crippen molar-refractivity contribution >= 4 is 40.5 Å². The normalized spacial score (nSPS) is 14.9. The summed E-state index contributed by atoms with van der Waals surface area (Å²) in [5, 5.41) is 28.5. The van der Waals surface area contributed by atoms with Crippen LogP contribution in [0.3, 0.4) is 0 Å². The van der Waals surface area contributed by atoms with E-state index in [1.54, 1.807) is 12.1 Å². The molecule has 2 aromatic carbocycles. The number of carbonyl (C=O) groups excluding carboxylic acids is 2. The fraction of sp³-hybridized carbons (Fsp3) is 0.471. The van der Waals surface area contributed by atoms with E-state index in [2.05, 4.69) is 10.4 Å². The summed E-state index contributed by atoms with van der Waals surface area (Å²) < 4.78 is 142. The summed E-state index contributed by atoms with van der Waals surface area (Å²) in [4.78, 5) is 38.2. The molecule has 0 radical (unpaired) electrons. The highest BCUT2D eigenvalue weighted by atomic mass is 127. The molecule has 0 spiro atoms. The number of benzene rings is 2. The molecule has 0 bridgehead atoms. The lowest BCUT2D eigenvalue weighted by Crippen LogP contribution is -2.63. The second-order valence-electron chi connectivity index (χ2n) is 14.0. The first-order valence-electron chi connectivity index (χ1n) is 16.5. The highest BCUT2D eigenvalue weighted by molar-refractivity contribution is 14.1. The van der Waals surface area contributed by atoms with Crippen LogP contribution in [0.4, 0.5) is 48.7 Å². The number of aliphatic hydroxyl groups is 1. The first-order valence-corrected chi connectivity index (χ1v) is 17.6. The van der Waals surface area contributed by atoms with Gasteiger partial charge in [0.2, 0.25) is 5.91 Å². The van der Waals surface area contributed by atoms with Crippen molar-refractivity contribution in [3.8, 4) is 11.3 Å². The van der Waals surface area contributed by atoms with Gasteiger partial charge in [0.1, 0.15) is 17.7 Å². The third-order valence-corrected chi connectivity index (χ3v) is 9.92. The molecule has 23 heteroatoms. The van der Waals surface area contributed by atoms with Crippen molar-refractivity contribution in [3.05, 3.63) is 75.0 Å². The molecule has 4 atom stereocenters. The Labute approximate surface area is 332 Å². The van der Waals surface area contributed by atoms with Gasteiger partial charge in [-0.1, -0.05) is 12.1 Å². The van der Waals surface area contributed by atoms with E-state index < -0.39 is 102 Å². The number of nitrogens with one attached hydrogen (secondary N) is 3. The summed E-state index contributed by atoms with van der Waals surface area (Å²) in [5.74, 6) is -5.92. The monoisotopic (exact) mass is 941 g/mol. The predicted molar refractivity (Wildman–Crippen MR) is 191 cm³/mol. The number of halogens is 11. The Morgan fingerprint density at radius 1 is 0.895 bits per heavy atom. The minimum Gasteiger partial charge on any atom is -0.465 e. The van der Waals surface area contributed by atoms with Gasteiger partial charge in [-0.3, -0.25) is 15.0 Å². The van der Waals surface area contributed by atoms with E-state index >= 15 is 8.78 Å². The maximum atomic E-state index is 15.6. The molecule has 0 unspecified atom stereocenters. The van der Waals surface area contributed by atoms with Gasteiger partial charge < -0.3 is 26.6 Å². The standard InChI is InChI=1S/C34H38F10IN7O5/c1-31(2,33(39,40)41)25(46)27(54)47-23(11-16-5-7-18(45)8-6-16)24(53)15-51(50-28(55)26(48-30(56)57)32(3,4)34(42,43)44)14-19-20(35)12-17(13-21(19)36)22-9-10-52(49-22)29(37)38/h5-10,12-13,23-26,29,48,53H,11,14-15,46H2,1-4H3,(H,47,54)(H,50,55)(H,56,57)/t23-,24-,25+,26+/m0/s1. The van der Waals surface area contributed by atoms with Gasteiger partial charge in [0.25, 0.3) is 5.91 Å². The van der Waals surface area contributed by atoms with Gasteiger partial charge in [0.05, 0.1) is 34.7 Å². The predicted octanol–water partition coefficient (Wildman–Crippen LogP) is 5.89. The molecule has 1 heterocycles. The minimum absolute atomic E-state index is 0.199. The van der Waals surface area contributed by atoms with Crippen LogP contribution < -0.4 is 21.8 Å². The summed E-state index contributed by atoms with van der Waals surface area (Å²) in [5.41, 5.74) is 0.567. The maximum absolute atomic E-state index is 15.6. The molecular weight excluding hydrogens is 903 g/mol. The Bertz CT molecular complexity index is 1870. The van der Waals surface area contributed by atoms with E-state index in [4.69, 9.17) is 5.73 Å². The minimum atomic E-state index is -5.22. The fourth-order valence-electron chi connectivity index (χ4n) is 5.21. The highest BCUT2D eigenvalue weighted by Gasteiger charge is 2.56. The van der Waals surface area contributed by atoms with E-state index in [-0.39, 0.29) is 22.4 Å². The molecule has 3 amide bonds. The number of carboxylic acid groups (broad SMARTS) is 1. The van der Waals surface area contributed by atoms with Crippen molar-refractivity contribution in [1.29, 1.82) is 0 Å². The van der Waals surface area contributed by atoms with Crippen LogP contribution in [-0.2, 0) is 22.6 Å². The molecule has 0 aliphatic heterocycles. The Balaban J connectivity index is 2.09. The molecule has 0 fully saturated rings. The Morgan fingerprint density at radius 3 is 1.91 bits per heavy atom. The second kappa shape index (κ2) is 18.1. The number of hydrazine groups is 1. The van der Waals surface area contributed by atoms with Gasteiger partial charge in [-0.05, 0) is 92.6 Å². The van der Waals surface area contributed by atoms with Crippen molar-refractivity contribution < 1.29 is 68.5 Å². The first-order chi connectivity index (χ1) is 26.1. The summed E-state index contributed by atoms with van der Waals surface area (Å²) in [6.07, 6.45) is -13.8. The lowest BCUT2D eigenvalue weighted by molar-refractivity contribution is -0.221. The van der Waals surface area contributed by atoms with Crippen LogP contribution in [-0.4, -0.2) is 86.0 Å². The second-order valence-corrected chi connectivity index (χ2v) is 15.3. The van der Waals surface area contributed by atoms with Crippen molar-refractivity contribution in [1.82, 2.24) is 30.8 Å². The third kappa shape index (κ3) is 11.7. The quantitative estimate of drug-likeness (QED) is 0.0586. The van der Waals surface area contributed by atoms with Crippen molar-refractivity contribution in [2.45, 2.75) is 83.8 Å². The zero-order valence-electron chi connectivity index (χ0n) is 30.3. The molecule has 0 aliphatic carbocycles. The van der Waals surface area contributed by atoms with Crippen LogP contribution in [0.2, 0.25) is 0 Å². The van der Waals surface area contributed by atoms with Crippen LogP contribution in [0.25, 0.3) is 11.3 Å². The van der Waals surface area contributed by atoms with Gasteiger partial charge >= 0.3 is 25.0 Å². The van der Waals surface area contributed by atoms with Crippen LogP contribution in [0, 0.1) is 26.0 Å². The van der Waals surface area contributed by atoms with Gasteiger partial charge in [-0.2, -0.15) is 40.2 Å². The number of carbonyl (C=O) groups is 3. The molecule has 7 N–H and O–H groups in total. The molecule has 0 saturated carbocycles. The van der Waals surface area contributed by atoms with Crippen molar-refractivity contribution in [3.63, 3.8) is 0 Å². The highest BCUT2D eigenvalue weighted by Crippen LogP contribution is 2.41. The van der Waals surface area contributed by atoms with E-state index in [1.807, 2.05) is 28.0 Å². The topological polar surface area (TPSA) is 175 Å². The molecule has 1 aromatic heterocycles. The Morgan fingerprint density at radius 2 is 1.44 bits per heavy atom. The summed E-state index contributed by atoms with van der Waals surface area (Å²) >= 11 is 1.97. The molecule has 3 rings (SSSR count). The Kier molecular flexibility index (Phi) is 15.0. The van der Waals surface area contributed by atoms with Crippen molar-refractivity contribution in [2.24, 2.45) is 16.6 Å². The zero-order valence-corrected chi connectivity index (χ0v) is 32.5. The smallest absolute Gasteiger partial charge is 0.405 e. The number of nitrogens with zero attached hydrogens (tertiary/aromatic N) is 3. The molecule has 316 valence electrons. The zero-order chi connectivity index (χ0) is 43.4. The Hall–Kier alpha value is -4.23. The maximum Gasteiger partial charge on any atom is 0.405 e. The average Bonchev–Trinajstić information content (AvgIpc) is 3.59. The lowest BCUT2D eigenvalue weighted by Gasteiger charge is -2.37. The summed E-state index contributed by atoms with van der Waals surface area (Å²) in [7, 11) is 0. The number of nitrogens with two attached hydrogens (primary N) is 1. The lowest BCUT2D eigenvalue weighted by atomic mass is 9.83. The molecule has 57 heavy (non-hydrogen) atoms. The van der Waals surface area contributed by atoms with Crippen LogP contribution in [0.5, 0.6) is 0 Å². The first kappa shape index (κ1) is 47.1. The van der Waals surface area contributed by atoms with Crippen LogP contribution >= 0.6 is 22.6 Å². The molecular formula is C34H38F10IN7O5. The van der Waals surface area contributed by atoms with E-state index in [0.717, 1.165) is 15.8 Å². The summed E-state index contributed by atoms with van der Waals surface area (Å²) in [6, 6.07) is 2.17. The third-order valence-electron chi connectivity index (χ3n) is 9.20. The number of aromatic nitrogens is 2. The fourth-order valence-corrected chi connectivity index (χ4v) is 5.57. The van der Waals surface area contributed by atoms with E-state index in [0.29, 0.717) is 50.4 Å². The number of amides is 3. The number of hydrogen-bond acceptors (Lipinski definition) is 7. The SMILES string of the molecule is CC(C)([C@H](N)C(=O)N[C@@H](Cc1ccc(I)cc1)[C@@H](O)CN(Cc1c(F)cc(-c2ccn(C(F)F)n2)cc1F)NC(=O)[C@@H](NC(=O)O)C(C)(C)C(F)(F)F)C(F)(F)F. The van der Waals surface area contributed by atoms with E-state index in [9.17, 15) is 59.7 Å². The molecule has 0 aliphatic rings. The van der Waals surface area contributed by atoms with Gasteiger partial charge in [-0.25, -0.2) is 23.3 Å². The number of rotatable bonds is 16. The van der Waals surface area contributed by atoms with E-state index in [1.165, 1.54) is 17.4 Å². The largest absolute Gasteiger partial charge is 0.465 e. The number of aliphatic hydroxyl groups excluding tert-OH is 1. The van der Waals surface area contributed by atoms with Crippen LogP contribution in [0.1, 0.15) is 45.4 Å². The van der Waals surface area contributed by atoms with Gasteiger partial charge in [-0.15, -0.1) is 0 Å². The number of alkyl halides is 8. The molecule has 12 nitrogen and oxygen atoms in total. The van der Waals surface area contributed by atoms with Gasteiger partial charge in [0.15, 0.2) is 0 Å². The summed E-state index contributed by atoms with van der Waals surface area (Å²) in [6.45, 7) is -2.96. The van der Waals surface area contributed by atoms with Gasteiger partial charge in [0, 0.05) is 34.0 Å². The van der Waals surface area contributed by atoms with Crippen LogP contribution in [0.15, 0.2) is 48.7 Å². The number of hydrogen-bond donors (Lipinski definition) is 6. The molecule has 3 aromatic rings. The molecule has 0 saturated heterocycles. The average molecular weight is 942 g/mol. The van der Waals surface area contributed by atoms with Crippen molar-refractivity contribution in [2.75, 3.05) is 6.54 Å².